The molecule has 2 aliphatic rings. The van der Waals surface area contributed by atoms with Crippen molar-refractivity contribution in [3.05, 3.63) is 72.8 Å². The van der Waals surface area contributed by atoms with Gasteiger partial charge in [0.25, 0.3) is 0 Å². The molecule has 1 N–H and O–H groups in total. The molecule has 31 heavy (non-hydrogen) atoms. The second-order valence-electron chi connectivity index (χ2n) is 8.67. The Kier molecular flexibility index (Phi) is 5.24. The summed E-state index contributed by atoms with van der Waals surface area (Å²) in [5, 5.41) is 3.08. The summed E-state index contributed by atoms with van der Waals surface area (Å²) in [5.74, 6) is 0.944. The molecule has 1 spiro atoms. The van der Waals surface area contributed by atoms with E-state index in [1.807, 2.05) is 36.5 Å². The number of pyridine rings is 1. The lowest BCUT2D eigenvalue weighted by atomic mass is 9.90. The normalized spacial score (nSPS) is 19.8. The summed E-state index contributed by atoms with van der Waals surface area (Å²) >= 11 is 0. The Balaban J connectivity index is 1.18. The number of piperidine rings is 1. The minimum Gasteiger partial charge on any atom is -0.495 e. The van der Waals surface area contributed by atoms with E-state index in [9.17, 15) is 4.79 Å². The van der Waals surface area contributed by atoms with Crippen LogP contribution >= 0.6 is 0 Å². The van der Waals surface area contributed by atoms with Crippen molar-refractivity contribution in [3.63, 3.8) is 0 Å². The van der Waals surface area contributed by atoms with Gasteiger partial charge in [-0.05, 0) is 74.2 Å². The molecule has 2 aromatic heterocycles. The summed E-state index contributed by atoms with van der Waals surface area (Å²) in [4.78, 5) is 19.6. The maximum atomic E-state index is 12.9. The fraction of sp³-hybridized carbons (Fsp3) is 0.360. The molecule has 1 unspecified atom stereocenters. The summed E-state index contributed by atoms with van der Waals surface area (Å²) in [6.07, 6.45) is 8.93. The molecule has 6 nitrogen and oxygen atoms in total. The first kappa shape index (κ1) is 19.8. The highest BCUT2D eigenvalue weighted by Crippen LogP contribution is 2.59. The Hall–Kier alpha value is -3.12. The fourth-order valence-corrected chi connectivity index (χ4v) is 4.92. The maximum absolute atomic E-state index is 12.9. The molecule has 1 amide bonds. The number of nitrogens with zero attached hydrogens (tertiary/aromatic N) is 3. The quantitative estimate of drug-likeness (QED) is 0.657. The first-order valence-electron chi connectivity index (χ1n) is 10.9. The lowest BCUT2D eigenvalue weighted by Gasteiger charge is -2.33. The monoisotopic (exact) mass is 416 g/mol. The number of aromatic nitrogens is 2. The van der Waals surface area contributed by atoms with Gasteiger partial charge in [-0.25, -0.2) is 0 Å². The number of carbonyl (C=O) groups is 1. The molecular weight excluding hydrogens is 388 g/mol. The number of ether oxygens (including phenoxy) is 1. The van der Waals surface area contributed by atoms with Crippen molar-refractivity contribution >= 4 is 11.6 Å². The zero-order valence-corrected chi connectivity index (χ0v) is 17.8. The Morgan fingerprint density at radius 2 is 2.00 bits per heavy atom. The van der Waals surface area contributed by atoms with E-state index in [0.717, 1.165) is 50.3 Å². The van der Waals surface area contributed by atoms with Crippen LogP contribution in [0, 0.1) is 11.3 Å². The van der Waals surface area contributed by atoms with Gasteiger partial charge in [0.2, 0.25) is 5.91 Å². The van der Waals surface area contributed by atoms with Crippen LogP contribution in [-0.4, -0.2) is 40.6 Å². The molecule has 3 heterocycles. The average Bonchev–Trinajstić information content (AvgIpc) is 3.31. The third-order valence-electron chi connectivity index (χ3n) is 6.87. The first-order chi connectivity index (χ1) is 15.2. The second-order valence-corrected chi connectivity index (χ2v) is 8.67. The van der Waals surface area contributed by atoms with Crippen molar-refractivity contribution in [3.8, 4) is 11.4 Å². The summed E-state index contributed by atoms with van der Waals surface area (Å²) in [7, 11) is 1.63. The molecule has 5 rings (SSSR count). The van der Waals surface area contributed by atoms with Crippen LogP contribution in [0.1, 0.15) is 25.0 Å². The molecule has 1 aliphatic carbocycles. The minimum atomic E-state index is 0.110. The van der Waals surface area contributed by atoms with Crippen molar-refractivity contribution in [1.29, 1.82) is 0 Å². The summed E-state index contributed by atoms with van der Waals surface area (Å²) in [6, 6.07) is 15.9. The first-order valence-corrected chi connectivity index (χ1v) is 10.9. The number of likely N-dealkylation sites (tertiary alicyclic amines) is 1. The maximum Gasteiger partial charge on any atom is 0.228 e. The lowest BCUT2D eigenvalue weighted by molar-refractivity contribution is -0.118. The predicted octanol–water partition coefficient (Wildman–Crippen LogP) is 4.12. The molecule has 1 saturated heterocycles. The molecule has 6 heteroatoms. The van der Waals surface area contributed by atoms with Gasteiger partial charge in [0.15, 0.2) is 0 Å². The van der Waals surface area contributed by atoms with E-state index in [2.05, 4.69) is 44.2 Å². The number of nitrogens with one attached hydrogen (secondary N) is 1. The third kappa shape index (κ3) is 3.95. The average molecular weight is 417 g/mol. The standard InChI is InChI=1S/C25H28N4O2/c1-31-23-9-3-2-8-22(23)27-24(30)21-16-25(21)10-14-28(15-11-25)18-20-7-5-13-29(20)19-6-4-12-26-17-19/h2-9,12-13,17,21H,10-11,14-16,18H2,1H3,(H,27,30). The lowest BCUT2D eigenvalue weighted by Crippen LogP contribution is -2.36. The highest BCUT2D eigenvalue weighted by Gasteiger charge is 2.58. The van der Waals surface area contributed by atoms with Gasteiger partial charge in [-0.15, -0.1) is 0 Å². The van der Waals surface area contributed by atoms with Gasteiger partial charge in [-0.3, -0.25) is 14.7 Å². The van der Waals surface area contributed by atoms with Crippen LogP contribution in [0.3, 0.4) is 0 Å². The van der Waals surface area contributed by atoms with Crippen molar-refractivity contribution in [2.45, 2.75) is 25.8 Å². The minimum absolute atomic E-state index is 0.110. The van der Waals surface area contributed by atoms with Crippen molar-refractivity contribution in [2.75, 3.05) is 25.5 Å². The molecule has 160 valence electrons. The van der Waals surface area contributed by atoms with Crippen LogP contribution in [0.25, 0.3) is 5.69 Å². The number of hydrogen-bond donors (Lipinski definition) is 1. The van der Waals surface area contributed by atoms with E-state index >= 15 is 0 Å². The Morgan fingerprint density at radius 3 is 2.77 bits per heavy atom. The molecule has 1 atom stereocenters. The molecule has 1 aromatic carbocycles. The van der Waals surface area contributed by atoms with E-state index < -0.39 is 0 Å². The molecule has 0 radical (unpaired) electrons. The van der Waals surface area contributed by atoms with Gasteiger partial charge in [0.05, 0.1) is 24.7 Å². The number of benzene rings is 1. The van der Waals surface area contributed by atoms with Gasteiger partial charge >= 0.3 is 0 Å². The van der Waals surface area contributed by atoms with E-state index in [4.69, 9.17) is 4.74 Å². The van der Waals surface area contributed by atoms with Crippen LogP contribution in [-0.2, 0) is 11.3 Å². The zero-order valence-electron chi connectivity index (χ0n) is 17.8. The Bertz CT molecular complexity index is 1050. The van der Waals surface area contributed by atoms with Crippen LogP contribution in [0.15, 0.2) is 67.1 Å². The summed E-state index contributed by atoms with van der Waals surface area (Å²) in [6.45, 7) is 2.96. The number of amides is 1. The van der Waals surface area contributed by atoms with Gasteiger partial charge in [-0.1, -0.05) is 12.1 Å². The van der Waals surface area contributed by atoms with Crippen LogP contribution in [0.4, 0.5) is 5.69 Å². The number of rotatable bonds is 6. The van der Waals surface area contributed by atoms with Crippen molar-refractivity contribution in [1.82, 2.24) is 14.5 Å². The topological polar surface area (TPSA) is 59.4 Å². The molecular formula is C25H28N4O2. The molecule has 0 bridgehead atoms. The van der Waals surface area contributed by atoms with Crippen LogP contribution < -0.4 is 10.1 Å². The number of hydrogen-bond acceptors (Lipinski definition) is 4. The fourth-order valence-electron chi connectivity index (χ4n) is 4.92. The highest BCUT2D eigenvalue weighted by atomic mass is 16.5. The Labute approximate surface area is 182 Å². The number of para-hydroxylation sites is 2. The van der Waals surface area contributed by atoms with Gasteiger partial charge in [-0.2, -0.15) is 0 Å². The summed E-state index contributed by atoms with van der Waals surface area (Å²) < 4.78 is 7.57. The molecule has 1 aliphatic heterocycles. The van der Waals surface area contributed by atoms with E-state index in [0.29, 0.717) is 5.75 Å². The molecule has 2 fully saturated rings. The SMILES string of the molecule is COc1ccccc1NC(=O)C1CC12CCN(Cc1cccn1-c1cccnc1)CC2. The predicted molar refractivity (Wildman–Crippen MR) is 120 cm³/mol. The van der Waals surface area contributed by atoms with Gasteiger partial charge < -0.3 is 14.6 Å². The van der Waals surface area contributed by atoms with Crippen molar-refractivity contribution < 1.29 is 9.53 Å². The van der Waals surface area contributed by atoms with E-state index in [-0.39, 0.29) is 17.2 Å². The second kappa shape index (κ2) is 8.19. The third-order valence-corrected chi connectivity index (χ3v) is 6.87. The number of carbonyl (C=O) groups excluding carboxylic acids is 1. The Morgan fingerprint density at radius 1 is 1.16 bits per heavy atom. The van der Waals surface area contributed by atoms with E-state index in [1.165, 1.54) is 5.69 Å². The largest absolute Gasteiger partial charge is 0.495 e. The van der Waals surface area contributed by atoms with Crippen LogP contribution in [0.5, 0.6) is 5.75 Å². The van der Waals surface area contributed by atoms with Gasteiger partial charge in [0, 0.05) is 30.6 Å². The highest BCUT2D eigenvalue weighted by molar-refractivity contribution is 5.96. The number of anilines is 1. The van der Waals surface area contributed by atoms with Crippen LogP contribution in [0.2, 0.25) is 0 Å². The number of methoxy groups -OCH3 is 1. The smallest absolute Gasteiger partial charge is 0.228 e. The van der Waals surface area contributed by atoms with E-state index in [1.54, 1.807) is 13.3 Å². The molecule has 3 aromatic rings. The summed E-state index contributed by atoms with van der Waals surface area (Å²) in [5.41, 5.74) is 3.29. The zero-order chi connectivity index (χ0) is 21.3. The van der Waals surface area contributed by atoms with Gasteiger partial charge in [0.1, 0.15) is 5.75 Å². The van der Waals surface area contributed by atoms with Crippen molar-refractivity contribution in [2.24, 2.45) is 11.3 Å². The molecule has 1 saturated carbocycles.